The first-order valence-electron chi connectivity index (χ1n) is 4.18. The third-order valence-electron chi connectivity index (χ3n) is 1.42. The van der Waals surface area contributed by atoms with Crippen LogP contribution in [-0.4, -0.2) is 23.8 Å². The van der Waals surface area contributed by atoms with E-state index in [0.29, 0.717) is 0 Å². The van der Waals surface area contributed by atoms with Crippen molar-refractivity contribution in [1.82, 2.24) is 0 Å². The Kier molecular flexibility index (Phi) is 4.24. The molecule has 0 aromatic heterocycles. The van der Waals surface area contributed by atoms with Gasteiger partial charge >= 0.3 is 5.97 Å². The quantitative estimate of drug-likeness (QED) is 0.654. The molecule has 0 aromatic rings. The number of hydrogen-bond acceptors (Lipinski definition) is 3. The summed E-state index contributed by atoms with van der Waals surface area (Å²) in [4.78, 5) is 11.1. The molecule has 3 nitrogen and oxygen atoms in total. The number of carbonyl (C=O) groups is 1. The minimum absolute atomic E-state index is 0.000194. The van der Waals surface area contributed by atoms with Crippen LogP contribution < -0.4 is 0 Å². The van der Waals surface area contributed by atoms with Crippen molar-refractivity contribution in [2.75, 3.05) is 6.61 Å². The van der Waals surface area contributed by atoms with Crippen LogP contribution in [0.5, 0.6) is 0 Å². The lowest BCUT2D eigenvalue weighted by molar-refractivity contribution is -0.150. The Morgan fingerprint density at radius 1 is 1.50 bits per heavy atom. The molecule has 0 aromatic carbocycles. The molecule has 0 fully saturated rings. The van der Waals surface area contributed by atoms with Gasteiger partial charge in [-0.05, 0) is 19.3 Å². The number of ether oxygens (including phenoxy) is 1. The first kappa shape index (κ1) is 11.4. The van der Waals surface area contributed by atoms with Crippen LogP contribution in [0.3, 0.4) is 0 Å². The number of rotatable bonds is 4. The van der Waals surface area contributed by atoms with Gasteiger partial charge < -0.3 is 9.84 Å². The van der Waals surface area contributed by atoms with Gasteiger partial charge in [0.05, 0.1) is 12.5 Å². The summed E-state index contributed by atoms with van der Waals surface area (Å²) in [6.07, 6.45) is 0.189. The van der Waals surface area contributed by atoms with Crippen molar-refractivity contribution in [3.05, 3.63) is 0 Å². The molecule has 0 bridgehead atoms. The summed E-state index contributed by atoms with van der Waals surface area (Å²) in [5.74, 6) is -0.246. The van der Waals surface area contributed by atoms with E-state index in [1.54, 1.807) is 0 Å². The van der Waals surface area contributed by atoms with E-state index in [9.17, 15) is 4.79 Å². The molecule has 0 aliphatic rings. The zero-order valence-electron chi connectivity index (χ0n) is 8.26. The highest BCUT2D eigenvalue weighted by Gasteiger charge is 2.22. The maximum Gasteiger partial charge on any atom is 0.306 e. The van der Waals surface area contributed by atoms with Crippen LogP contribution >= 0.6 is 0 Å². The number of carbonyl (C=O) groups excluding carboxylic acids is 1. The Morgan fingerprint density at radius 2 is 2.00 bits per heavy atom. The van der Waals surface area contributed by atoms with Crippen LogP contribution in [0.25, 0.3) is 0 Å². The van der Waals surface area contributed by atoms with Crippen LogP contribution in [0.4, 0.5) is 0 Å². The van der Waals surface area contributed by atoms with Crippen molar-refractivity contribution in [3.63, 3.8) is 0 Å². The smallest absolute Gasteiger partial charge is 0.306 e. The molecule has 1 N–H and O–H groups in total. The molecule has 0 rings (SSSR count). The first-order chi connectivity index (χ1) is 5.37. The van der Waals surface area contributed by atoms with Crippen LogP contribution in [0.1, 0.15) is 34.1 Å². The van der Waals surface area contributed by atoms with Gasteiger partial charge in [-0.25, -0.2) is 0 Å². The van der Waals surface area contributed by atoms with Gasteiger partial charge in [0.2, 0.25) is 0 Å². The van der Waals surface area contributed by atoms with Gasteiger partial charge in [-0.2, -0.15) is 0 Å². The minimum atomic E-state index is -0.369. The van der Waals surface area contributed by atoms with Crippen LogP contribution in [0.15, 0.2) is 0 Å². The van der Waals surface area contributed by atoms with Crippen molar-refractivity contribution in [1.29, 1.82) is 0 Å². The molecule has 0 heterocycles. The Labute approximate surface area is 73.7 Å². The van der Waals surface area contributed by atoms with Crippen LogP contribution in [0.2, 0.25) is 0 Å². The lowest BCUT2D eigenvalue weighted by Crippen LogP contribution is -2.24. The topological polar surface area (TPSA) is 46.5 Å². The van der Waals surface area contributed by atoms with Crippen molar-refractivity contribution in [3.8, 4) is 0 Å². The Morgan fingerprint density at radius 3 is 2.33 bits per heavy atom. The molecule has 0 aliphatic carbocycles. The molecule has 0 saturated heterocycles. The monoisotopic (exact) mass is 174 g/mol. The van der Waals surface area contributed by atoms with E-state index in [-0.39, 0.29) is 30.5 Å². The van der Waals surface area contributed by atoms with Gasteiger partial charge in [-0.1, -0.05) is 13.8 Å². The van der Waals surface area contributed by atoms with E-state index >= 15 is 0 Å². The fourth-order valence-corrected chi connectivity index (χ4v) is 0.751. The van der Waals surface area contributed by atoms with Gasteiger partial charge in [-0.3, -0.25) is 4.79 Å². The maximum absolute atomic E-state index is 11.1. The fourth-order valence-electron chi connectivity index (χ4n) is 0.751. The molecule has 0 unspecified atom stereocenters. The van der Waals surface area contributed by atoms with Gasteiger partial charge in [-0.15, -0.1) is 0 Å². The van der Waals surface area contributed by atoms with Gasteiger partial charge in [0, 0.05) is 6.61 Å². The largest absolute Gasteiger partial charge is 0.463 e. The predicted molar refractivity (Wildman–Crippen MR) is 46.7 cm³/mol. The molecule has 12 heavy (non-hydrogen) atoms. The average Bonchev–Trinajstić information content (AvgIpc) is 1.84. The van der Waals surface area contributed by atoms with E-state index in [0.717, 1.165) is 0 Å². The van der Waals surface area contributed by atoms with Crippen molar-refractivity contribution in [2.24, 2.45) is 5.41 Å². The Hall–Kier alpha value is -0.570. The fraction of sp³-hybridized carbons (Fsp3) is 0.889. The summed E-state index contributed by atoms with van der Waals surface area (Å²) in [7, 11) is 0. The van der Waals surface area contributed by atoms with E-state index in [1.165, 1.54) is 0 Å². The molecule has 0 radical (unpaired) electrons. The number of aliphatic hydroxyl groups excluding tert-OH is 1. The third kappa shape index (κ3) is 5.13. The molecular formula is C9H18O3. The number of aliphatic hydroxyl groups is 1. The van der Waals surface area contributed by atoms with Crippen molar-refractivity contribution >= 4 is 5.97 Å². The van der Waals surface area contributed by atoms with E-state index < -0.39 is 0 Å². The summed E-state index contributed by atoms with van der Waals surface area (Å²) in [6, 6.07) is 0. The summed E-state index contributed by atoms with van der Waals surface area (Å²) >= 11 is 0. The zero-order valence-corrected chi connectivity index (χ0v) is 8.26. The van der Waals surface area contributed by atoms with E-state index in [2.05, 4.69) is 0 Å². The SMILES string of the molecule is CC(C)OC(=O)CC(C)(C)CO. The molecule has 3 heteroatoms. The lowest BCUT2D eigenvalue weighted by Gasteiger charge is -2.20. The Bertz CT molecular complexity index is 150. The summed E-state index contributed by atoms with van der Waals surface area (Å²) in [5, 5.41) is 8.87. The number of hydrogen-bond donors (Lipinski definition) is 1. The Balaban J connectivity index is 3.84. The normalized spacial score (nSPS) is 11.8. The van der Waals surface area contributed by atoms with E-state index in [4.69, 9.17) is 9.84 Å². The van der Waals surface area contributed by atoms with E-state index in [1.807, 2.05) is 27.7 Å². The highest BCUT2D eigenvalue weighted by Crippen LogP contribution is 2.19. The second-order valence-corrected chi connectivity index (χ2v) is 4.04. The molecule has 0 spiro atoms. The summed E-state index contributed by atoms with van der Waals surface area (Å²) in [5.41, 5.74) is -0.369. The molecule has 72 valence electrons. The minimum Gasteiger partial charge on any atom is -0.463 e. The molecule has 0 aliphatic heterocycles. The highest BCUT2D eigenvalue weighted by molar-refractivity contribution is 5.70. The summed E-state index contributed by atoms with van der Waals surface area (Å²) in [6.45, 7) is 7.27. The molecule has 0 saturated carbocycles. The van der Waals surface area contributed by atoms with Crippen LogP contribution in [-0.2, 0) is 9.53 Å². The van der Waals surface area contributed by atoms with Crippen molar-refractivity contribution in [2.45, 2.75) is 40.2 Å². The summed E-state index contributed by atoms with van der Waals surface area (Å²) < 4.78 is 4.94. The third-order valence-corrected chi connectivity index (χ3v) is 1.42. The van der Waals surface area contributed by atoms with Gasteiger partial charge in [0.15, 0.2) is 0 Å². The van der Waals surface area contributed by atoms with Gasteiger partial charge in [0.1, 0.15) is 0 Å². The zero-order chi connectivity index (χ0) is 9.78. The predicted octanol–water partition coefficient (Wildman–Crippen LogP) is 1.35. The second-order valence-electron chi connectivity index (χ2n) is 4.04. The first-order valence-corrected chi connectivity index (χ1v) is 4.18. The average molecular weight is 174 g/mol. The molecule has 0 amide bonds. The second kappa shape index (κ2) is 4.45. The number of esters is 1. The molecular weight excluding hydrogens is 156 g/mol. The van der Waals surface area contributed by atoms with Crippen molar-refractivity contribution < 1.29 is 14.6 Å². The van der Waals surface area contributed by atoms with Crippen LogP contribution in [0, 0.1) is 5.41 Å². The molecule has 0 atom stereocenters. The van der Waals surface area contributed by atoms with Gasteiger partial charge in [0.25, 0.3) is 0 Å². The standard InChI is InChI=1S/C9H18O3/c1-7(2)12-8(11)5-9(3,4)6-10/h7,10H,5-6H2,1-4H3. The highest BCUT2D eigenvalue weighted by atomic mass is 16.5. The maximum atomic E-state index is 11.1. The lowest BCUT2D eigenvalue weighted by atomic mass is 9.91.